The van der Waals surface area contributed by atoms with Gasteiger partial charge in [0.25, 0.3) is 5.91 Å². The molecule has 0 bridgehead atoms. The van der Waals surface area contributed by atoms with E-state index in [4.69, 9.17) is 4.42 Å². The van der Waals surface area contributed by atoms with Crippen LogP contribution in [0.4, 0.5) is 16.2 Å². The fraction of sp³-hybridized carbons (Fsp3) is 0.250. The second-order valence-electron chi connectivity index (χ2n) is 3.80. The van der Waals surface area contributed by atoms with E-state index in [1.807, 2.05) is 6.92 Å². The number of hydrogen-bond donors (Lipinski definition) is 2. The Morgan fingerprint density at radius 3 is 2.95 bits per heavy atom. The van der Waals surface area contributed by atoms with Crippen LogP contribution in [-0.2, 0) is 0 Å². The summed E-state index contributed by atoms with van der Waals surface area (Å²) in [6.45, 7) is 4.03. The second-order valence-corrected chi connectivity index (χ2v) is 3.80. The highest BCUT2D eigenvalue weighted by molar-refractivity contribution is 6.03. The molecule has 0 fully saturated rings. The highest BCUT2D eigenvalue weighted by Gasteiger charge is 2.17. The Morgan fingerprint density at radius 2 is 2.32 bits per heavy atom. The molecular formula is C12H13FN4O2. The lowest BCUT2D eigenvalue weighted by Gasteiger charge is -2.07. The Balaban J connectivity index is 2.21. The van der Waals surface area contributed by atoms with Crippen molar-refractivity contribution in [2.24, 2.45) is 0 Å². The molecule has 2 aromatic heterocycles. The van der Waals surface area contributed by atoms with E-state index >= 15 is 0 Å². The lowest BCUT2D eigenvalue weighted by atomic mass is 10.2. The number of aryl methyl sites for hydroxylation is 1. The van der Waals surface area contributed by atoms with Gasteiger partial charge < -0.3 is 9.73 Å². The van der Waals surface area contributed by atoms with Gasteiger partial charge in [-0.1, -0.05) is 0 Å². The number of oxazole rings is 1. The van der Waals surface area contributed by atoms with Gasteiger partial charge in [-0.3, -0.25) is 10.1 Å². The maximum Gasteiger partial charge on any atom is 0.301 e. The smallest absolute Gasteiger partial charge is 0.301 e. The van der Waals surface area contributed by atoms with Crippen LogP contribution in [0.15, 0.2) is 22.9 Å². The minimum absolute atomic E-state index is 0.0312. The maximum atomic E-state index is 14.0. The van der Waals surface area contributed by atoms with Crippen molar-refractivity contribution in [3.05, 3.63) is 35.6 Å². The van der Waals surface area contributed by atoms with E-state index in [-0.39, 0.29) is 17.4 Å². The van der Waals surface area contributed by atoms with Crippen LogP contribution in [0.3, 0.4) is 0 Å². The van der Waals surface area contributed by atoms with Crippen molar-refractivity contribution in [1.82, 2.24) is 9.97 Å². The molecule has 2 aromatic rings. The van der Waals surface area contributed by atoms with E-state index in [9.17, 15) is 9.18 Å². The van der Waals surface area contributed by atoms with E-state index < -0.39 is 11.7 Å². The van der Waals surface area contributed by atoms with Gasteiger partial charge in [-0.25, -0.2) is 9.37 Å². The number of carbonyl (C=O) groups excluding carboxylic acids is 1. The lowest BCUT2D eigenvalue weighted by molar-refractivity contribution is 0.102. The summed E-state index contributed by atoms with van der Waals surface area (Å²) >= 11 is 0. The number of halogens is 1. The normalized spacial score (nSPS) is 10.3. The van der Waals surface area contributed by atoms with Crippen molar-refractivity contribution in [2.75, 3.05) is 17.2 Å². The first kappa shape index (κ1) is 13.0. The molecule has 0 aliphatic heterocycles. The fourth-order valence-electron chi connectivity index (χ4n) is 1.49. The molecular weight excluding hydrogens is 251 g/mol. The minimum Gasteiger partial charge on any atom is -0.432 e. The standard InChI is InChI=1S/C12H13FN4O2/c1-3-14-10-9(13)8(4-5-15-10)11(18)17-12-16-7(2)6-19-12/h4-6H,3H2,1-2H3,(H,14,15)(H,16,17,18). The Hall–Kier alpha value is -2.44. The van der Waals surface area contributed by atoms with E-state index in [0.29, 0.717) is 12.2 Å². The van der Waals surface area contributed by atoms with E-state index in [0.717, 1.165) is 0 Å². The zero-order chi connectivity index (χ0) is 13.8. The van der Waals surface area contributed by atoms with Crippen molar-refractivity contribution in [2.45, 2.75) is 13.8 Å². The lowest BCUT2D eigenvalue weighted by Crippen LogP contribution is -2.16. The van der Waals surface area contributed by atoms with Gasteiger partial charge in [0.05, 0.1) is 11.3 Å². The van der Waals surface area contributed by atoms with Gasteiger partial charge in [0.2, 0.25) is 0 Å². The molecule has 19 heavy (non-hydrogen) atoms. The number of rotatable bonds is 4. The predicted octanol–water partition coefficient (Wildman–Crippen LogP) is 2.20. The Labute approximate surface area is 109 Å². The predicted molar refractivity (Wildman–Crippen MR) is 67.6 cm³/mol. The SMILES string of the molecule is CCNc1nccc(C(=O)Nc2nc(C)co2)c1F. The van der Waals surface area contributed by atoms with Crippen molar-refractivity contribution >= 4 is 17.7 Å². The van der Waals surface area contributed by atoms with Crippen LogP contribution < -0.4 is 10.6 Å². The molecule has 2 heterocycles. The van der Waals surface area contributed by atoms with Crippen LogP contribution in [0.5, 0.6) is 0 Å². The molecule has 1 amide bonds. The Morgan fingerprint density at radius 1 is 1.53 bits per heavy atom. The largest absolute Gasteiger partial charge is 0.432 e. The molecule has 0 saturated carbocycles. The van der Waals surface area contributed by atoms with Crippen LogP contribution in [-0.4, -0.2) is 22.4 Å². The van der Waals surface area contributed by atoms with Gasteiger partial charge in [-0.05, 0) is 19.9 Å². The minimum atomic E-state index is -0.704. The van der Waals surface area contributed by atoms with Gasteiger partial charge in [0, 0.05) is 12.7 Å². The van der Waals surface area contributed by atoms with Crippen molar-refractivity contribution in [3.63, 3.8) is 0 Å². The maximum absolute atomic E-state index is 14.0. The van der Waals surface area contributed by atoms with Gasteiger partial charge in [0.15, 0.2) is 11.6 Å². The number of carbonyl (C=O) groups is 1. The molecule has 100 valence electrons. The first-order valence-corrected chi connectivity index (χ1v) is 5.73. The molecule has 2 N–H and O–H groups in total. The topological polar surface area (TPSA) is 80.0 Å². The van der Waals surface area contributed by atoms with Gasteiger partial charge in [-0.2, -0.15) is 4.98 Å². The summed E-state index contributed by atoms with van der Waals surface area (Å²) in [5.41, 5.74) is 0.501. The molecule has 0 aliphatic rings. The fourth-order valence-corrected chi connectivity index (χ4v) is 1.49. The first-order valence-electron chi connectivity index (χ1n) is 5.73. The molecule has 0 radical (unpaired) electrons. The Kier molecular flexibility index (Phi) is 3.74. The van der Waals surface area contributed by atoms with Gasteiger partial charge in [-0.15, -0.1) is 0 Å². The zero-order valence-corrected chi connectivity index (χ0v) is 10.5. The third kappa shape index (κ3) is 2.87. The number of pyridine rings is 1. The van der Waals surface area contributed by atoms with E-state index in [1.54, 1.807) is 6.92 Å². The third-order valence-corrected chi connectivity index (χ3v) is 2.32. The van der Waals surface area contributed by atoms with Gasteiger partial charge in [0.1, 0.15) is 6.26 Å². The number of amides is 1. The molecule has 0 saturated heterocycles. The molecule has 7 heteroatoms. The Bertz CT molecular complexity index is 597. The number of anilines is 2. The summed E-state index contributed by atoms with van der Waals surface area (Å²) in [6.07, 6.45) is 2.75. The molecule has 0 aliphatic carbocycles. The van der Waals surface area contributed by atoms with Crippen molar-refractivity contribution in [3.8, 4) is 0 Å². The van der Waals surface area contributed by atoms with Crippen molar-refractivity contribution < 1.29 is 13.6 Å². The molecule has 0 atom stereocenters. The molecule has 0 aromatic carbocycles. The number of aromatic nitrogens is 2. The van der Waals surface area contributed by atoms with Crippen LogP contribution in [0.2, 0.25) is 0 Å². The highest BCUT2D eigenvalue weighted by atomic mass is 19.1. The quantitative estimate of drug-likeness (QED) is 0.884. The summed E-state index contributed by atoms with van der Waals surface area (Å²) < 4.78 is 19.0. The average molecular weight is 264 g/mol. The summed E-state index contributed by atoms with van der Waals surface area (Å²) in [5.74, 6) is -1.30. The van der Waals surface area contributed by atoms with Crippen molar-refractivity contribution in [1.29, 1.82) is 0 Å². The van der Waals surface area contributed by atoms with Crippen LogP contribution >= 0.6 is 0 Å². The average Bonchev–Trinajstić information content (AvgIpc) is 2.77. The van der Waals surface area contributed by atoms with E-state index in [1.165, 1.54) is 18.5 Å². The highest BCUT2D eigenvalue weighted by Crippen LogP contribution is 2.16. The zero-order valence-electron chi connectivity index (χ0n) is 10.5. The number of nitrogens with one attached hydrogen (secondary N) is 2. The summed E-state index contributed by atoms with van der Waals surface area (Å²) in [7, 11) is 0. The van der Waals surface area contributed by atoms with Crippen LogP contribution in [0.1, 0.15) is 23.0 Å². The van der Waals surface area contributed by atoms with Crippen LogP contribution in [0.25, 0.3) is 0 Å². The molecule has 2 rings (SSSR count). The summed E-state index contributed by atoms with van der Waals surface area (Å²) in [6, 6.07) is 1.32. The summed E-state index contributed by atoms with van der Waals surface area (Å²) in [4.78, 5) is 19.6. The molecule has 6 nitrogen and oxygen atoms in total. The first-order chi connectivity index (χ1) is 9.11. The summed E-state index contributed by atoms with van der Waals surface area (Å²) in [5, 5.41) is 5.11. The van der Waals surface area contributed by atoms with Gasteiger partial charge >= 0.3 is 6.01 Å². The molecule has 0 spiro atoms. The second kappa shape index (κ2) is 5.47. The van der Waals surface area contributed by atoms with E-state index in [2.05, 4.69) is 20.6 Å². The molecule has 0 unspecified atom stereocenters. The number of nitrogens with zero attached hydrogens (tertiary/aromatic N) is 2. The van der Waals surface area contributed by atoms with Crippen LogP contribution in [0, 0.1) is 12.7 Å². The third-order valence-electron chi connectivity index (χ3n) is 2.32. The number of hydrogen-bond acceptors (Lipinski definition) is 5. The monoisotopic (exact) mass is 264 g/mol.